The van der Waals surface area contributed by atoms with Gasteiger partial charge in [0.25, 0.3) is 0 Å². The molecular weight excluding hydrogens is 288 g/mol. The molecule has 110 valence electrons. The van der Waals surface area contributed by atoms with Gasteiger partial charge in [0, 0.05) is 5.56 Å². The van der Waals surface area contributed by atoms with E-state index in [1.807, 2.05) is 24.3 Å². The predicted molar refractivity (Wildman–Crippen MR) is 82.3 cm³/mol. The average molecular weight is 305 g/mol. The Bertz CT molecular complexity index is 640. The molecule has 1 heterocycles. The van der Waals surface area contributed by atoms with E-state index in [1.165, 1.54) is 5.56 Å². The summed E-state index contributed by atoms with van der Waals surface area (Å²) in [6, 6.07) is 13.4. The lowest BCUT2D eigenvalue weighted by Crippen LogP contribution is -2.12. The highest BCUT2D eigenvalue weighted by Crippen LogP contribution is 2.35. The summed E-state index contributed by atoms with van der Waals surface area (Å²) in [5, 5.41) is 10.0. The Morgan fingerprint density at radius 1 is 1.33 bits per heavy atom. The van der Waals surface area contributed by atoms with Crippen molar-refractivity contribution >= 4 is 11.6 Å². The molecule has 21 heavy (non-hydrogen) atoms. The first-order valence-electron chi connectivity index (χ1n) is 6.97. The van der Waals surface area contributed by atoms with E-state index < -0.39 is 6.10 Å². The van der Waals surface area contributed by atoms with Gasteiger partial charge in [0.2, 0.25) is 0 Å². The molecule has 0 saturated carbocycles. The van der Waals surface area contributed by atoms with E-state index in [2.05, 4.69) is 6.07 Å². The molecule has 0 bridgehead atoms. The van der Waals surface area contributed by atoms with E-state index in [1.54, 1.807) is 19.1 Å². The van der Waals surface area contributed by atoms with Gasteiger partial charge in [-0.05, 0) is 30.7 Å². The van der Waals surface area contributed by atoms with Crippen LogP contribution in [0.15, 0.2) is 42.5 Å². The average Bonchev–Trinajstić information content (AvgIpc) is 2.89. The summed E-state index contributed by atoms with van der Waals surface area (Å²) >= 11 is 6.19. The van der Waals surface area contributed by atoms with Gasteiger partial charge < -0.3 is 14.6 Å². The molecule has 4 heteroatoms. The first-order valence-corrected chi connectivity index (χ1v) is 7.35. The number of hydrogen-bond donors (Lipinski definition) is 1. The summed E-state index contributed by atoms with van der Waals surface area (Å²) in [6.45, 7) is 2.85. The van der Waals surface area contributed by atoms with Crippen LogP contribution in [0.4, 0.5) is 0 Å². The monoisotopic (exact) mass is 304 g/mol. The number of hydrogen-bond acceptors (Lipinski definition) is 3. The molecule has 1 aliphatic rings. The summed E-state index contributed by atoms with van der Waals surface area (Å²) in [5.41, 5.74) is 1.95. The Morgan fingerprint density at radius 3 is 2.90 bits per heavy atom. The number of fused-ring (bicyclic) bond motifs is 1. The summed E-state index contributed by atoms with van der Waals surface area (Å²) in [6.07, 6.45) is -0.536. The van der Waals surface area contributed by atoms with Gasteiger partial charge in [-0.25, -0.2) is 0 Å². The lowest BCUT2D eigenvalue weighted by molar-refractivity contribution is 0.199. The van der Waals surface area contributed by atoms with Gasteiger partial charge in [-0.3, -0.25) is 0 Å². The maximum absolute atomic E-state index is 9.53. The molecule has 2 atom stereocenters. The van der Waals surface area contributed by atoms with E-state index in [-0.39, 0.29) is 5.92 Å². The van der Waals surface area contributed by atoms with E-state index in [0.717, 1.165) is 11.3 Å². The third-order valence-electron chi connectivity index (χ3n) is 3.68. The molecule has 0 aromatic heterocycles. The first-order chi connectivity index (χ1) is 10.1. The molecule has 0 fully saturated rings. The van der Waals surface area contributed by atoms with E-state index in [4.69, 9.17) is 21.1 Å². The van der Waals surface area contributed by atoms with Crippen molar-refractivity contribution in [2.45, 2.75) is 18.9 Å². The first kappa shape index (κ1) is 14.2. The van der Waals surface area contributed by atoms with Crippen molar-refractivity contribution in [3.05, 3.63) is 58.6 Å². The SMILES string of the molecule is C[C@@H](O)c1ccc(OCC2COc3ccccc32)c(Cl)c1. The molecule has 1 unspecified atom stereocenters. The zero-order valence-corrected chi connectivity index (χ0v) is 12.5. The number of ether oxygens (including phenoxy) is 2. The molecule has 1 aliphatic heterocycles. The molecule has 0 saturated heterocycles. The number of aliphatic hydroxyl groups excluding tert-OH is 1. The van der Waals surface area contributed by atoms with Crippen LogP contribution in [0.25, 0.3) is 0 Å². The quantitative estimate of drug-likeness (QED) is 0.929. The van der Waals surface area contributed by atoms with Crippen LogP contribution >= 0.6 is 11.6 Å². The van der Waals surface area contributed by atoms with Crippen LogP contribution in [0, 0.1) is 0 Å². The minimum Gasteiger partial charge on any atom is -0.493 e. The fraction of sp³-hybridized carbons (Fsp3) is 0.294. The number of benzene rings is 2. The Hall–Kier alpha value is -1.71. The van der Waals surface area contributed by atoms with Crippen LogP contribution in [-0.2, 0) is 0 Å². The maximum Gasteiger partial charge on any atom is 0.137 e. The van der Waals surface area contributed by atoms with E-state index in [0.29, 0.717) is 24.0 Å². The largest absolute Gasteiger partial charge is 0.493 e. The fourth-order valence-electron chi connectivity index (χ4n) is 2.45. The van der Waals surface area contributed by atoms with Crippen molar-refractivity contribution in [2.75, 3.05) is 13.2 Å². The van der Waals surface area contributed by atoms with Crippen molar-refractivity contribution in [3.8, 4) is 11.5 Å². The molecule has 2 aromatic rings. The Morgan fingerprint density at radius 2 is 2.14 bits per heavy atom. The van der Waals surface area contributed by atoms with Crippen molar-refractivity contribution in [1.29, 1.82) is 0 Å². The van der Waals surface area contributed by atoms with Crippen molar-refractivity contribution in [3.63, 3.8) is 0 Å². The third-order valence-corrected chi connectivity index (χ3v) is 3.97. The van der Waals surface area contributed by atoms with Crippen molar-refractivity contribution < 1.29 is 14.6 Å². The molecule has 0 amide bonds. The molecule has 2 aromatic carbocycles. The van der Waals surface area contributed by atoms with Crippen LogP contribution < -0.4 is 9.47 Å². The van der Waals surface area contributed by atoms with Crippen molar-refractivity contribution in [2.24, 2.45) is 0 Å². The van der Waals surface area contributed by atoms with Gasteiger partial charge in [-0.2, -0.15) is 0 Å². The number of aliphatic hydroxyl groups is 1. The highest BCUT2D eigenvalue weighted by molar-refractivity contribution is 6.32. The maximum atomic E-state index is 9.53. The van der Waals surface area contributed by atoms with Gasteiger partial charge in [0.15, 0.2) is 0 Å². The summed E-state index contributed by atoms with van der Waals surface area (Å²) in [5.74, 6) is 1.78. The normalized spacial score (nSPS) is 18.0. The smallest absolute Gasteiger partial charge is 0.137 e. The Kier molecular flexibility index (Phi) is 4.04. The highest BCUT2D eigenvalue weighted by Gasteiger charge is 2.24. The minimum atomic E-state index is -0.536. The molecular formula is C17H17ClO3. The zero-order chi connectivity index (χ0) is 14.8. The molecule has 3 nitrogen and oxygen atoms in total. The molecule has 1 N–H and O–H groups in total. The predicted octanol–water partition coefficient (Wildman–Crippen LogP) is 3.95. The van der Waals surface area contributed by atoms with Gasteiger partial charge in [0.05, 0.1) is 30.3 Å². The topological polar surface area (TPSA) is 38.7 Å². The minimum absolute atomic E-state index is 0.216. The summed E-state index contributed by atoms with van der Waals surface area (Å²) in [7, 11) is 0. The second kappa shape index (κ2) is 5.96. The number of halogens is 1. The fourth-order valence-corrected chi connectivity index (χ4v) is 2.70. The van der Waals surface area contributed by atoms with Crippen LogP contribution in [0.1, 0.15) is 30.1 Å². The Labute approximate surface area is 129 Å². The lowest BCUT2D eigenvalue weighted by Gasteiger charge is -2.13. The van der Waals surface area contributed by atoms with E-state index >= 15 is 0 Å². The molecule has 0 aliphatic carbocycles. The van der Waals surface area contributed by atoms with Crippen LogP contribution in [0.2, 0.25) is 5.02 Å². The van der Waals surface area contributed by atoms with E-state index in [9.17, 15) is 5.11 Å². The van der Waals surface area contributed by atoms with Gasteiger partial charge >= 0.3 is 0 Å². The Balaban J connectivity index is 1.69. The second-order valence-corrected chi connectivity index (χ2v) is 5.63. The number of para-hydroxylation sites is 1. The highest BCUT2D eigenvalue weighted by atomic mass is 35.5. The molecule has 3 rings (SSSR count). The van der Waals surface area contributed by atoms with Crippen molar-refractivity contribution in [1.82, 2.24) is 0 Å². The standard InChI is InChI=1S/C17H17ClO3/c1-11(19)12-6-7-17(15(18)8-12)21-10-13-9-20-16-5-3-2-4-14(13)16/h2-8,11,13,19H,9-10H2,1H3/t11-,13?/m1/s1. The second-order valence-electron chi connectivity index (χ2n) is 5.22. The third kappa shape index (κ3) is 2.99. The van der Waals surface area contributed by atoms with Crippen LogP contribution in [0.5, 0.6) is 11.5 Å². The molecule has 0 radical (unpaired) electrons. The van der Waals surface area contributed by atoms with Gasteiger partial charge in [0.1, 0.15) is 11.5 Å². The zero-order valence-electron chi connectivity index (χ0n) is 11.8. The summed E-state index contributed by atoms with van der Waals surface area (Å²) < 4.78 is 11.5. The number of rotatable bonds is 4. The van der Waals surface area contributed by atoms with Crippen LogP contribution in [-0.4, -0.2) is 18.3 Å². The van der Waals surface area contributed by atoms with Gasteiger partial charge in [-0.1, -0.05) is 35.9 Å². The molecule has 0 spiro atoms. The summed E-state index contributed by atoms with van der Waals surface area (Å²) in [4.78, 5) is 0. The lowest BCUT2D eigenvalue weighted by atomic mass is 10.0. The van der Waals surface area contributed by atoms with Crippen LogP contribution in [0.3, 0.4) is 0 Å². The van der Waals surface area contributed by atoms with Gasteiger partial charge in [-0.15, -0.1) is 0 Å².